The first kappa shape index (κ1) is 17.5. The molecule has 1 atom stereocenters. The average Bonchev–Trinajstić information content (AvgIpc) is 3.44. The SMILES string of the molecule is O=C(CCc1ncc(-c2ccccc2)o1)Nc1ccnn1CC1CCOC1. The highest BCUT2D eigenvalue weighted by Gasteiger charge is 2.18. The van der Waals surface area contributed by atoms with Crippen LogP contribution in [0.2, 0.25) is 0 Å². The number of benzene rings is 1. The van der Waals surface area contributed by atoms with Gasteiger partial charge in [-0.05, 0) is 6.42 Å². The highest BCUT2D eigenvalue weighted by Crippen LogP contribution is 2.21. The van der Waals surface area contributed by atoms with Crippen LogP contribution in [0.5, 0.6) is 0 Å². The zero-order valence-corrected chi connectivity index (χ0v) is 15.0. The number of aryl methyl sites for hydroxylation is 1. The molecule has 27 heavy (non-hydrogen) atoms. The number of nitrogens with one attached hydrogen (secondary N) is 1. The van der Waals surface area contributed by atoms with Crippen molar-refractivity contribution >= 4 is 11.7 Å². The van der Waals surface area contributed by atoms with Gasteiger partial charge in [0.05, 0.1) is 19.0 Å². The molecule has 4 rings (SSSR count). The van der Waals surface area contributed by atoms with E-state index in [0.29, 0.717) is 36.2 Å². The fraction of sp³-hybridized carbons (Fsp3) is 0.350. The number of ether oxygens (including phenoxy) is 1. The maximum Gasteiger partial charge on any atom is 0.226 e. The molecule has 1 saturated heterocycles. The van der Waals surface area contributed by atoms with Crippen molar-refractivity contribution in [2.45, 2.75) is 25.8 Å². The van der Waals surface area contributed by atoms with Gasteiger partial charge in [-0.15, -0.1) is 0 Å². The minimum absolute atomic E-state index is 0.0844. The number of hydrogen-bond donors (Lipinski definition) is 1. The van der Waals surface area contributed by atoms with Gasteiger partial charge in [0.2, 0.25) is 5.91 Å². The Morgan fingerprint density at radius 1 is 1.26 bits per heavy atom. The maximum absolute atomic E-state index is 12.3. The second-order valence-electron chi connectivity index (χ2n) is 6.66. The van der Waals surface area contributed by atoms with Gasteiger partial charge < -0.3 is 14.5 Å². The van der Waals surface area contributed by atoms with Crippen LogP contribution in [0.3, 0.4) is 0 Å². The summed E-state index contributed by atoms with van der Waals surface area (Å²) in [6.45, 7) is 2.30. The van der Waals surface area contributed by atoms with E-state index >= 15 is 0 Å². The van der Waals surface area contributed by atoms with Crippen LogP contribution in [0.15, 0.2) is 53.2 Å². The van der Waals surface area contributed by atoms with E-state index in [1.54, 1.807) is 12.4 Å². The summed E-state index contributed by atoms with van der Waals surface area (Å²) in [5, 5.41) is 7.23. The molecule has 3 heterocycles. The van der Waals surface area contributed by atoms with E-state index in [1.165, 1.54) is 0 Å². The molecule has 0 spiro atoms. The summed E-state index contributed by atoms with van der Waals surface area (Å²) in [6, 6.07) is 11.6. The molecular formula is C20H22N4O3. The van der Waals surface area contributed by atoms with Gasteiger partial charge in [0, 0.05) is 43.5 Å². The topological polar surface area (TPSA) is 82.2 Å². The Morgan fingerprint density at radius 3 is 2.96 bits per heavy atom. The van der Waals surface area contributed by atoms with Crippen molar-refractivity contribution in [2.24, 2.45) is 5.92 Å². The molecule has 7 heteroatoms. The molecule has 3 aromatic rings. The fourth-order valence-electron chi connectivity index (χ4n) is 3.14. The van der Waals surface area contributed by atoms with Crippen molar-refractivity contribution in [3.63, 3.8) is 0 Å². The predicted molar refractivity (Wildman–Crippen MR) is 100 cm³/mol. The Morgan fingerprint density at radius 2 is 2.15 bits per heavy atom. The van der Waals surface area contributed by atoms with Crippen LogP contribution in [0.4, 0.5) is 5.82 Å². The molecule has 140 valence electrons. The van der Waals surface area contributed by atoms with Gasteiger partial charge in [-0.2, -0.15) is 5.10 Å². The summed E-state index contributed by atoms with van der Waals surface area (Å²) in [7, 11) is 0. The lowest BCUT2D eigenvalue weighted by Gasteiger charge is -2.12. The Bertz CT molecular complexity index is 882. The van der Waals surface area contributed by atoms with E-state index in [4.69, 9.17) is 9.15 Å². The van der Waals surface area contributed by atoms with Gasteiger partial charge in [-0.1, -0.05) is 30.3 Å². The van der Waals surface area contributed by atoms with Crippen LogP contribution in [-0.4, -0.2) is 33.9 Å². The lowest BCUT2D eigenvalue weighted by molar-refractivity contribution is -0.116. The molecule has 1 fully saturated rings. The lowest BCUT2D eigenvalue weighted by Crippen LogP contribution is -2.19. The highest BCUT2D eigenvalue weighted by molar-refractivity contribution is 5.89. The van der Waals surface area contributed by atoms with Gasteiger partial charge in [-0.3, -0.25) is 4.79 Å². The van der Waals surface area contributed by atoms with Crippen molar-refractivity contribution in [1.29, 1.82) is 0 Å². The normalized spacial score (nSPS) is 16.5. The van der Waals surface area contributed by atoms with E-state index in [2.05, 4.69) is 15.4 Å². The Balaban J connectivity index is 1.30. The Labute approximate surface area is 157 Å². The van der Waals surface area contributed by atoms with E-state index < -0.39 is 0 Å². The zero-order chi connectivity index (χ0) is 18.5. The van der Waals surface area contributed by atoms with Gasteiger partial charge in [0.25, 0.3) is 0 Å². The summed E-state index contributed by atoms with van der Waals surface area (Å²) in [6.07, 6.45) is 5.17. The molecule has 7 nitrogen and oxygen atoms in total. The van der Waals surface area contributed by atoms with Gasteiger partial charge in [-0.25, -0.2) is 9.67 Å². The molecule has 0 aliphatic carbocycles. The number of carbonyl (C=O) groups excluding carboxylic acids is 1. The fourth-order valence-corrected chi connectivity index (χ4v) is 3.14. The van der Waals surface area contributed by atoms with Crippen LogP contribution >= 0.6 is 0 Å². The van der Waals surface area contributed by atoms with Crippen molar-refractivity contribution in [3.8, 4) is 11.3 Å². The number of nitrogens with zero attached hydrogens (tertiary/aromatic N) is 3. The van der Waals surface area contributed by atoms with E-state index in [0.717, 1.165) is 31.7 Å². The third-order valence-electron chi connectivity index (χ3n) is 4.62. The molecule has 1 amide bonds. The van der Waals surface area contributed by atoms with Crippen molar-refractivity contribution in [2.75, 3.05) is 18.5 Å². The van der Waals surface area contributed by atoms with Crippen LogP contribution < -0.4 is 5.32 Å². The monoisotopic (exact) mass is 366 g/mol. The number of hydrogen-bond acceptors (Lipinski definition) is 5. The second-order valence-corrected chi connectivity index (χ2v) is 6.66. The molecular weight excluding hydrogens is 344 g/mol. The molecule has 1 aliphatic heterocycles. The van der Waals surface area contributed by atoms with Gasteiger partial charge in [0.15, 0.2) is 11.7 Å². The van der Waals surface area contributed by atoms with Gasteiger partial charge >= 0.3 is 0 Å². The van der Waals surface area contributed by atoms with Crippen molar-refractivity contribution in [3.05, 3.63) is 54.7 Å². The molecule has 1 aliphatic rings. The number of oxazole rings is 1. The number of aromatic nitrogens is 3. The molecule has 0 saturated carbocycles. The largest absolute Gasteiger partial charge is 0.441 e. The molecule has 2 aromatic heterocycles. The number of carbonyl (C=O) groups is 1. The number of anilines is 1. The quantitative estimate of drug-likeness (QED) is 0.695. The average molecular weight is 366 g/mol. The highest BCUT2D eigenvalue weighted by atomic mass is 16.5. The minimum atomic E-state index is -0.0844. The lowest BCUT2D eigenvalue weighted by atomic mass is 10.1. The first-order valence-electron chi connectivity index (χ1n) is 9.17. The third-order valence-corrected chi connectivity index (χ3v) is 4.62. The van der Waals surface area contributed by atoms with Crippen LogP contribution in [-0.2, 0) is 22.5 Å². The molecule has 0 radical (unpaired) electrons. The van der Waals surface area contributed by atoms with Crippen LogP contribution in [0.1, 0.15) is 18.7 Å². The van der Waals surface area contributed by atoms with Crippen LogP contribution in [0.25, 0.3) is 11.3 Å². The van der Waals surface area contributed by atoms with E-state index in [9.17, 15) is 4.79 Å². The zero-order valence-electron chi connectivity index (χ0n) is 15.0. The predicted octanol–water partition coefficient (Wildman–Crippen LogP) is 3.15. The third kappa shape index (κ3) is 4.43. The summed E-state index contributed by atoms with van der Waals surface area (Å²) in [5.74, 6) is 2.34. The standard InChI is InChI=1S/C20H22N4O3/c25-19(23-18-8-10-22-24(18)13-15-9-11-26-14-15)6-7-20-21-12-17(27-20)16-4-2-1-3-5-16/h1-5,8,10,12,15H,6-7,9,11,13-14H2,(H,23,25). The molecule has 1 aromatic carbocycles. The summed E-state index contributed by atoms with van der Waals surface area (Å²) in [4.78, 5) is 16.6. The Kier molecular flexibility index (Phi) is 5.29. The minimum Gasteiger partial charge on any atom is -0.441 e. The van der Waals surface area contributed by atoms with Crippen molar-refractivity contribution in [1.82, 2.24) is 14.8 Å². The summed E-state index contributed by atoms with van der Waals surface area (Å²) in [5.41, 5.74) is 0.973. The van der Waals surface area contributed by atoms with Crippen molar-refractivity contribution < 1.29 is 13.9 Å². The molecule has 1 unspecified atom stereocenters. The number of rotatable bonds is 7. The van der Waals surface area contributed by atoms with Crippen LogP contribution in [0, 0.1) is 5.92 Å². The molecule has 0 bridgehead atoms. The first-order chi connectivity index (χ1) is 13.3. The van der Waals surface area contributed by atoms with Gasteiger partial charge in [0.1, 0.15) is 5.82 Å². The maximum atomic E-state index is 12.3. The van der Waals surface area contributed by atoms with E-state index in [1.807, 2.05) is 41.1 Å². The smallest absolute Gasteiger partial charge is 0.226 e. The first-order valence-corrected chi connectivity index (χ1v) is 9.17. The molecule has 1 N–H and O–H groups in total. The summed E-state index contributed by atoms with van der Waals surface area (Å²) < 4.78 is 13.0. The Hall–Kier alpha value is -2.93. The second kappa shape index (κ2) is 8.18. The van der Waals surface area contributed by atoms with E-state index in [-0.39, 0.29) is 5.91 Å². The number of amides is 1. The summed E-state index contributed by atoms with van der Waals surface area (Å²) >= 11 is 0.